The Hall–Kier alpha value is -2.87. The summed E-state index contributed by atoms with van der Waals surface area (Å²) in [6.07, 6.45) is 4.26. The molecule has 0 radical (unpaired) electrons. The molecule has 32 heavy (non-hydrogen) atoms. The van der Waals surface area contributed by atoms with Crippen LogP contribution in [0.4, 0.5) is 5.69 Å². The van der Waals surface area contributed by atoms with Gasteiger partial charge >= 0.3 is 0 Å². The molecule has 0 saturated heterocycles. The van der Waals surface area contributed by atoms with E-state index in [1.165, 1.54) is 17.3 Å². The summed E-state index contributed by atoms with van der Waals surface area (Å²) in [7, 11) is 0. The maximum absolute atomic E-state index is 12.5. The van der Waals surface area contributed by atoms with Crippen LogP contribution >= 0.6 is 35.0 Å². The Bertz CT molecular complexity index is 1200. The van der Waals surface area contributed by atoms with Gasteiger partial charge in [0.15, 0.2) is 11.0 Å². The summed E-state index contributed by atoms with van der Waals surface area (Å²) in [5, 5.41) is 13.1. The fourth-order valence-electron chi connectivity index (χ4n) is 3.11. The summed E-state index contributed by atoms with van der Waals surface area (Å²) in [4.78, 5) is 16.6. The molecule has 0 aliphatic rings. The summed E-state index contributed by atoms with van der Waals surface area (Å²) < 4.78 is 2.03. The number of aryl methyl sites for hydroxylation is 1. The predicted molar refractivity (Wildman–Crippen MR) is 129 cm³/mol. The Labute approximate surface area is 200 Å². The number of halogens is 2. The number of thioether (sulfide) groups is 1. The van der Waals surface area contributed by atoms with E-state index in [9.17, 15) is 4.79 Å². The van der Waals surface area contributed by atoms with Crippen molar-refractivity contribution in [2.75, 3.05) is 11.1 Å². The fourth-order valence-corrected chi connectivity index (χ4v) is 4.21. The lowest BCUT2D eigenvalue weighted by Gasteiger charge is -2.11. The summed E-state index contributed by atoms with van der Waals surface area (Å²) >= 11 is 13.5. The zero-order valence-corrected chi connectivity index (χ0v) is 19.2. The van der Waals surface area contributed by atoms with Crippen LogP contribution in [0, 0.1) is 0 Å². The number of amides is 1. The lowest BCUT2D eigenvalue weighted by molar-refractivity contribution is -0.113. The molecular formula is C23H19Cl2N5OS. The van der Waals surface area contributed by atoms with Crippen LogP contribution in [0.15, 0.2) is 78.2 Å². The third-order valence-electron chi connectivity index (χ3n) is 4.66. The zero-order valence-electron chi connectivity index (χ0n) is 16.9. The maximum atomic E-state index is 12.5. The maximum Gasteiger partial charge on any atom is 0.234 e. The highest BCUT2D eigenvalue weighted by molar-refractivity contribution is 7.99. The molecule has 6 nitrogen and oxygen atoms in total. The Morgan fingerprint density at radius 2 is 1.78 bits per heavy atom. The van der Waals surface area contributed by atoms with Crippen molar-refractivity contribution in [2.45, 2.75) is 18.1 Å². The van der Waals surface area contributed by atoms with Crippen molar-refractivity contribution >= 4 is 46.6 Å². The summed E-state index contributed by atoms with van der Waals surface area (Å²) in [6, 6.07) is 18.9. The largest absolute Gasteiger partial charge is 0.324 e. The molecule has 0 aliphatic heterocycles. The molecule has 1 N–H and O–H groups in total. The molecule has 9 heteroatoms. The van der Waals surface area contributed by atoms with E-state index in [1.54, 1.807) is 30.6 Å². The number of nitrogens with one attached hydrogen (secondary N) is 1. The zero-order chi connectivity index (χ0) is 22.3. The first-order chi connectivity index (χ1) is 15.6. The molecule has 2 aromatic carbocycles. The number of anilines is 1. The third kappa shape index (κ3) is 5.68. The highest BCUT2D eigenvalue weighted by atomic mass is 35.5. The third-order valence-corrected chi connectivity index (χ3v) is 6.19. The quantitative estimate of drug-likeness (QED) is 0.329. The van der Waals surface area contributed by atoms with Crippen LogP contribution in [0.1, 0.15) is 5.56 Å². The fraction of sp³-hybridized carbons (Fsp3) is 0.130. The van der Waals surface area contributed by atoms with Gasteiger partial charge in [0.05, 0.1) is 16.5 Å². The SMILES string of the molecule is O=C(CSc1nnc(-c2ccncc2)n1CCc1ccccc1)Nc1cc(Cl)ccc1Cl. The summed E-state index contributed by atoms with van der Waals surface area (Å²) in [5.74, 6) is 0.689. The lowest BCUT2D eigenvalue weighted by atomic mass is 10.1. The van der Waals surface area contributed by atoms with Gasteiger partial charge in [-0.15, -0.1) is 10.2 Å². The van der Waals surface area contributed by atoms with Gasteiger partial charge in [-0.05, 0) is 42.3 Å². The minimum atomic E-state index is -0.206. The second kappa shape index (κ2) is 10.6. The minimum absolute atomic E-state index is 0.155. The molecule has 4 rings (SSSR count). The van der Waals surface area contributed by atoms with E-state index in [-0.39, 0.29) is 11.7 Å². The number of benzene rings is 2. The highest BCUT2D eigenvalue weighted by Crippen LogP contribution is 2.27. The van der Waals surface area contributed by atoms with E-state index in [2.05, 4.69) is 32.6 Å². The van der Waals surface area contributed by atoms with Gasteiger partial charge in [0, 0.05) is 29.5 Å². The van der Waals surface area contributed by atoms with Crippen LogP contribution in [0.3, 0.4) is 0 Å². The molecule has 2 heterocycles. The molecule has 2 aromatic heterocycles. The average molecular weight is 484 g/mol. The summed E-state index contributed by atoms with van der Waals surface area (Å²) in [6.45, 7) is 0.679. The lowest BCUT2D eigenvalue weighted by Crippen LogP contribution is -2.15. The van der Waals surface area contributed by atoms with E-state index in [1.807, 2.05) is 34.9 Å². The van der Waals surface area contributed by atoms with Gasteiger partial charge in [0.2, 0.25) is 5.91 Å². The molecule has 162 valence electrons. The molecule has 0 bridgehead atoms. The molecular weight excluding hydrogens is 465 g/mol. The molecule has 0 atom stereocenters. The number of nitrogens with zero attached hydrogens (tertiary/aromatic N) is 4. The molecule has 1 amide bonds. The first-order valence-corrected chi connectivity index (χ1v) is 11.6. The van der Waals surface area contributed by atoms with E-state index in [0.29, 0.717) is 27.4 Å². The molecule has 0 aliphatic carbocycles. The Balaban J connectivity index is 1.50. The predicted octanol–water partition coefficient (Wildman–Crippen LogP) is 5.62. The van der Waals surface area contributed by atoms with Crippen molar-refractivity contribution in [1.82, 2.24) is 19.7 Å². The monoisotopic (exact) mass is 483 g/mol. The van der Waals surface area contributed by atoms with E-state index >= 15 is 0 Å². The molecule has 0 spiro atoms. The van der Waals surface area contributed by atoms with E-state index in [4.69, 9.17) is 23.2 Å². The Morgan fingerprint density at radius 3 is 2.56 bits per heavy atom. The topological polar surface area (TPSA) is 72.7 Å². The molecule has 0 unspecified atom stereocenters. The minimum Gasteiger partial charge on any atom is -0.324 e. The number of carbonyl (C=O) groups is 1. The second-order valence-electron chi connectivity index (χ2n) is 6.89. The second-order valence-corrected chi connectivity index (χ2v) is 8.68. The first-order valence-electron chi connectivity index (χ1n) is 9.85. The van der Waals surface area contributed by atoms with Crippen LogP contribution in [0.5, 0.6) is 0 Å². The van der Waals surface area contributed by atoms with E-state index in [0.717, 1.165) is 17.8 Å². The normalized spacial score (nSPS) is 10.8. The smallest absolute Gasteiger partial charge is 0.234 e. The van der Waals surface area contributed by atoms with E-state index < -0.39 is 0 Å². The Kier molecular flexibility index (Phi) is 7.42. The summed E-state index contributed by atoms with van der Waals surface area (Å²) in [5.41, 5.74) is 2.61. The van der Waals surface area contributed by atoms with Crippen molar-refractivity contribution in [1.29, 1.82) is 0 Å². The van der Waals surface area contributed by atoms with Crippen LogP contribution in [0.2, 0.25) is 10.0 Å². The number of aromatic nitrogens is 4. The number of rotatable bonds is 8. The number of pyridine rings is 1. The van der Waals surface area contributed by atoms with Crippen LogP contribution in [-0.2, 0) is 17.8 Å². The highest BCUT2D eigenvalue weighted by Gasteiger charge is 2.16. The molecule has 0 saturated carbocycles. The van der Waals surface area contributed by atoms with Gasteiger partial charge in [0.1, 0.15) is 0 Å². The average Bonchev–Trinajstić information content (AvgIpc) is 3.23. The van der Waals surface area contributed by atoms with Gasteiger partial charge in [-0.1, -0.05) is 65.3 Å². The van der Waals surface area contributed by atoms with Gasteiger partial charge in [0.25, 0.3) is 0 Å². The Morgan fingerprint density at radius 1 is 1.00 bits per heavy atom. The van der Waals surface area contributed by atoms with Crippen molar-refractivity contribution in [2.24, 2.45) is 0 Å². The number of hydrogen-bond donors (Lipinski definition) is 1. The number of hydrogen-bond acceptors (Lipinski definition) is 5. The van der Waals surface area contributed by atoms with Gasteiger partial charge in [-0.3, -0.25) is 9.78 Å². The van der Waals surface area contributed by atoms with Crippen molar-refractivity contribution in [3.8, 4) is 11.4 Å². The van der Waals surface area contributed by atoms with Crippen LogP contribution in [-0.4, -0.2) is 31.4 Å². The van der Waals surface area contributed by atoms with Crippen molar-refractivity contribution in [3.05, 3.63) is 88.7 Å². The molecule has 0 fully saturated rings. The van der Waals surface area contributed by atoms with Gasteiger partial charge < -0.3 is 9.88 Å². The standard InChI is InChI=1S/C23H19Cl2N5OS/c24-18-6-7-19(25)20(14-18)27-21(31)15-32-23-29-28-22(17-8-11-26-12-9-17)30(23)13-10-16-4-2-1-3-5-16/h1-9,11-12,14H,10,13,15H2,(H,27,31). The van der Waals surface area contributed by atoms with Crippen molar-refractivity contribution in [3.63, 3.8) is 0 Å². The van der Waals surface area contributed by atoms with Crippen molar-refractivity contribution < 1.29 is 4.79 Å². The first kappa shape index (κ1) is 22.3. The molecule has 4 aromatic rings. The van der Waals surface area contributed by atoms with Crippen LogP contribution < -0.4 is 5.32 Å². The van der Waals surface area contributed by atoms with Crippen LogP contribution in [0.25, 0.3) is 11.4 Å². The van der Waals surface area contributed by atoms with Gasteiger partial charge in [-0.25, -0.2) is 0 Å². The number of carbonyl (C=O) groups excluding carboxylic acids is 1. The van der Waals surface area contributed by atoms with Gasteiger partial charge in [-0.2, -0.15) is 0 Å².